The minimum atomic E-state index is -0.107. The Kier molecular flexibility index (Phi) is 4.90. The van der Waals surface area contributed by atoms with Crippen LogP contribution >= 0.6 is 0 Å². The van der Waals surface area contributed by atoms with Gasteiger partial charge in [0.25, 0.3) is 5.91 Å². The Labute approximate surface area is 118 Å². The highest BCUT2D eigenvalue weighted by atomic mass is 16.3. The summed E-state index contributed by atoms with van der Waals surface area (Å²) in [6.07, 6.45) is 5.77. The molecule has 0 unspecified atom stereocenters. The number of aryl methyl sites for hydroxylation is 1. The summed E-state index contributed by atoms with van der Waals surface area (Å²) in [5.74, 6) is 0.288. The molecular formula is C15H19N3O2. The van der Waals surface area contributed by atoms with Crippen LogP contribution in [0.5, 0.6) is 0 Å². The number of hydrogen-bond donors (Lipinski definition) is 1. The molecular weight excluding hydrogens is 254 g/mol. The molecule has 0 aliphatic heterocycles. The lowest BCUT2D eigenvalue weighted by Crippen LogP contribution is -2.32. The standard InChI is InChI=1S/C15H19N3O2/c1-12-5-9-20-14(12)15(19)18(8-3-6-16)11-13-4-2-7-17-10-13/h2,4-5,7,9-10H,3,6,8,11,16H2,1H3. The molecule has 0 aromatic carbocycles. The van der Waals surface area contributed by atoms with E-state index in [0.717, 1.165) is 17.5 Å². The molecule has 5 nitrogen and oxygen atoms in total. The van der Waals surface area contributed by atoms with Crippen LogP contribution < -0.4 is 5.73 Å². The van der Waals surface area contributed by atoms with Gasteiger partial charge < -0.3 is 15.1 Å². The van der Waals surface area contributed by atoms with E-state index in [0.29, 0.717) is 25.4 Å². The highest BCUT2D eigenvalue weighted by molar-refractivity contribution is 5.92. The van der Waals surface area contributed by atoms with Crippen molar-refractivity contribution >= 4 is 5.91 Å². The van der Waals surface area contributed by atoms with Crippen molar-refractivity contribution in [3.8, 4) is 0 Å². The van der Waals surface area contributed by atoms with E-state index in [9.17, 15) is 4.79 Å². The Morgan fingerprint density at radius 3 is 2.90 bits per heavy atom. The normalized spacial score (nSPS) is 10.5. The third kappa shape index (κ3) is 3.45. The summed E-state index contributed by atoms with van der Waals surface area (Å²) < 4.78 is 5.29. The molecule has 20 heavy (non-hydrogen) atoms. The first-order valence-electron chi connectivity index (χ1n) is 6.64. The van der Waals surface area contributed by atoms with E-state index in [1.54, 1.807) is 23.4 Å². The maximum absolute atomic E-state index is 12.5. The monoisotopic (exact) mass is 273 g/mol. The molecule has 0 saturated heterocycles. The Balaban J connectivity index is 2.15. The van der Waals surface area contributed by atoms with Gasteiger partial charge in [-0.05, 0) is 37.6 Å². The lowest BCUT2D eigenvalue weighted by atomic mass is 10.2. The zero-order valence-corrected chi connectivity index (χ0v) is 11.6. The molecule has 2 aromatic heterocycles. The fraction of sp³-hybridized carbons (Fsp3) is 0.333. The Bertz CT molecular complexity index is 551. The average Bonchev–Trinajstić information content (AvgIpc) is 2.90. The van der Waals surface area contributed by atoms with Crippen molar-refractivity contribution in [1.82, 2.24) is 9.88 Å². The highest BCUT2D eigenvalue weighted by Crippen LogP contribution is 2.14. The topological polar surface area (TPSA) is 72.4 Å². The summed E-state index contributed by atoms with van der Waals surface area (Å²) in [6.45, 7) is 3.52. The van der Waals surface area contributed by atoms with E-state index in [1.165, 1.54) is 6.26 Å². The zero-order chi connectivity index (χ0) is 14.4. The van der Waals surface area contributed by atoms with Crippen molar-refractivity contribution in [3.05, 3.63) is 53.7 Å². The van der Waals surface area contributed by atoms with Gasteiger partial charge in [-0.1, -0.05) is 6.07 Å². The third-order valence-electron chi connectivity index (χ3n) is 3.07. The molecule has 1 amide bonds. The summed E-state index contributed by atoms with van der Waals surface area (Å²) >= 11 is 0. The number of hydrogen-bond acceptors (Lipinski definition) is 4. The zero-order valence-electron chi connectivity index (χ0n) is 11.6. The SMILES string of the molecule is Cc1ccoc1C(=O)N(CCCN)Cc1cccnc1. The summed E-state index contributed by atoms with van der Waals surface area (Å²) in [5, 5.41) is 0. The summed E-state index contributed by atoms with van der Waals surface area (Å²) in [7, 11) is 0. The lowest BCUT2D eigenvalue weighted by molar-refractivity contribution is 0.0709. The molecule has 5 heteroatoms. The van der Waals surface area contributed by atoms with Gasteiger partial charge in [-0.25, -0.2) is 0 Å². The highest BCUT2D eigenvalue weighted by Gasteiger charge is 2.20. The molecule has 0 atom stereocenters. The van der Waals surface area contributed by atoms with Crippen LogP contribution in [-0.4, -0.2) is 28.9 Å². The van der Waals surface area contributed by atoms with Crippen molar-refractivity contribution in [2.75, 3.05) is 13.1 Å². The molecule has 0 radical (unpaired) electrons. The fourth-order valence-corrected chi connectivity index (χ4v) is 1.98. The first kappa shape index (κ1) is 14.3. The summed E-state index contributed by atoms with van der Waals surface area (Å²) in [5.41, 5.74) is 7.38. The first-order chi connectivity index (χ1) is 9.72. The van der Waals surface area contributed by atoms with Gasteiger partial charge in [0.1, 0.15) is 0 Å². The predicted molar refractivity (Wildman–Crippen MR) is 76.1 cm³/mol. The summed E-state index contributed by atoms with van der Waals surface area (Å²) in [4.78, 5) is 18.3. The second-order valence-corrected chi connectivity index (χ2v) is 4.66. The Morgan fingerprint density at radius 1 is 1.45 bits per heavy atom. The minimum absolute atomic E-state index is 0.107. The van der Waals surface area contributed by atoms with Crippen LogP contribution in [0.1, 0.15) is 28.1 Å². The molecule has 0 fully saturated rings. The molecule has 0 aliphatic carbocycles. The minimum Gasteiger partial charge on any atom is -0.459 e. The van der Waals surface area contributed by atoms with Gasteiger partial charge in [-0.15, -0.1) is 0 Å². The van der Waals surface area contributed by atoms with E-state index < -0.39 is 0 Å². The molecule has 2 rings (SSSR count). The van der Waals surface area contributed by atoms with Crippen LogP contribution in [0.3, 0.4) is 0 Å². The van der Waals surface area contributed by atoms with Crippen LogP contribution in [0, 0.1) is 6.92 Å². The van der Waals surface area contributed by atoms with Crippen molar-refractivity contribution in [2.45, 2.75) is 19.9 Å². The average molecular weight is 273 g/mol. The largest absolute Gasteiger partial charge is 0.459 e. The van der Waals surface area contributed by atoms with Crippen LogP contribution in [0.25, 0.3) is 0 Å². The number of carbonyl (C=O) groups is 1. The van der Waals surface area contributed by atoms with Gasteiger partial charge in [-0.2, -0.15) is 0 Å². The number of aromatic nitrogens is 1. The maximum atomic E-state index is 12.5. The first-order valence-corrected chi connectivity index (χ1v) is 6.64. The number of nitrogens with zero attached hydrogens (tertiary/aromatic N) is 2. The van der Waals surface area contributed by atoms with E-state index in [-0.39, 0.29) is 5.91 Å². The summed E-state index contributed by atoms with van der Waals surface area (Å²) in [6, 6.07) is 5.60. The van der Waals surface area contributed by atoms with Crippen molar-refractivity contribution in [3.63, 3.8) is 0 Å². The molecule has 2 heterocycles. The Morgan fingerprint density at radius 2 is 2.30 bits per heavy atom. The molecule has 106 valence electrons. The second-order valence-electron chi connectivity index (χ2n) is 4.66. The molecule has 2 aromatic rings. The van der Waals surface area contributed by atoms with E-state index in [1.807, 2.05) is 19.1 Å². The van der Waals surface area contributed by atoms with Gasteiger partial charge in [0, 0.05) is 31.0 Å². The van der Waals surface area contributed by atoms with Crippen LogP contribution in [0.15, 0.2) is 41.3 Å². The van der Waals surface area contributed by atoms with Gasteiger partial charge >= 0.3 is 0 Å². The van der Waals surface area contributed by atoms with Crippen molar-refractivity contribution in [1.29, 1.82) is 0 Å². The number of amides is 1. The molecule has 0 aliphatic rings. The lowest BCUT2D eigenvalue weighted by Gasteiger charge is -2.21. The second kappa shape index (κ2) is 6.86. The Hall–Kier alpha value is -2.14. The fourth-order valence-electron chi connectivity index (χ4n) is 1.98. The quantitative estimate of drug-likeness (QED) is 0.873. The van der Waals surface area contributed by atoms with Crippen LogP contribution in [0.2, 0.25) is 0 Å². The predicted octanol–water partition coefficient (Wildman–Crippen LogP) is 1.97. The number of furan rings is 1. The molecule has 2 N–H and O–H groups in total. The third-order valence-corrected chi connectivity index (χ3v) is 3.07. The number of rotatable bonds is 6. The van der Waals surface area contributed by atoms with Crippen LogP contribution in [-0.2, 0) is 6.54 Å². The maximum Gasteiger partial charge on any atom is 0.290 e. The molecule has 0 spiro atoms. The molecule has 0 saturated carbocycles. The van der Waals surface area contributed by atoms with E-state index in [4.69, 9.17) is 10.2 Å². The van der Waals surface area contributed by atoms with Crippen molar-refractivity contribution < 1.29 is 9.21 Å². The number of pyridine rings is 1. The van der Waals surface area contributed by atoms with E-state index >= 15 is 0 Å². The van der Waals surface area contributed by atoms with E-state index in [2.05, 4.69) is 4.98 Å². The van der Waals surface area contributed by atoms with Crippen molar-refractivity contribution in [2.24, 2.45) is 5.73 Å². The van der Waals surface area contributed by atoms with Gasteiger partial charge in [0.2, 0.25) is 0 Å². The van der Waals surface area contributed by atoms with Gasteiger partial charge in [0.15, 0.2) is 5.76 Å². The van der Waals surface area contributed by atoms with Gasteiger partial charge in [0.05, 0.1) is 6.26 Å². The van der Waals surface area contributed by atoms with Gasteiger partial charge in [-0.3, -0.25) is 9.78 Å². The van der Waals surface area contributed by atoms with Crippen LogP contribution in [0.4, 0.5) is 0 Å². The smallest absolute Gasteiger partial charge is 0.290 e. The number of nitrogens with two attached hydrogens (primary N) is 1. The molecule has 0 bridgehead atoms. The number of carbonyl (C=O) groups excluding carboxylic acids is 1.